The highest BCUT2D eigenvalue weighted by atomic mass is 32.2. The predicted molar refractivity (Wildman–Crippen MR) is 77.9 cm³/mol. The van der Waals surface area contributed by atoms with Crippen molar-refractivity contribution in [3.63, 3.8) is 0 Å². The molecular weight excluding hydrogens is 314 g/mol. The molecule has 1 heterocycles. The van der Waals surface area contributed by atoms with Gasteiger partial charge in [0.1, 0.15) is 11.6 Å². The summed E-state index contributed by atoms with van der Waals surface area (Å²) in [7, 11) is -1.36. The lowest BCUT2D eigenvalue weighted by Gasteiger charge is -2.31. The van der Waals surface area contributed by atoms with Crippen LogP contribution in [0.15, 0.2) is 18.2 Å². The highest BCUT2D eigenvalue weighted by molar-refractivity contribution is 7.91. The monoisotopic (exact) mass is 332 g/mol. The number of amides is 1. The van der Waals surface area contributed by atoms with Gasteiger partial charge in [0, 0.05) is 31.1 Å². The summed E-state index contributed by atoms with van der Waals surface area (Å²) >= 11 is 0. The molecule has 1 fully saturated rings. The largest absolute Gasteiger partial charge is 0.352 e. The van der Waals surface area contributed by atoms with E-state index in [-0.39, 0.29) is 30.0 Å². The first-order valence-electron chi connectivity index (χ1n) is 6.88. The molecule has 0 saturated carbocycles. The Morgan fingerprint density at radius 1 is 1.41 bits per heavy atom. The fourth-order valence-electron chi connectivity index (χ4n) is 2.34. The van der Waals surface area contributed by atoms with Crippen molar-refractivity contribution in [3.05, 3.63) is 35.4 Å². The third-order valence-corrected chi connectivity index (χ3v) is 5.43. The summed E-state index contributed by atoms with van der Waals surface area (Å²) in [6.45, 7) is 0.254. The van der Waals surface area contributed by atoms with Gasteiger partial charge in [-0.15, -0.1) is 0 Å². The Hall–Kier alpha value is -1.54. The van der Waals surface area contributed by atoms with E-state index in [1.807, 2.05) is 4.90 Å². The molecule has 5 nitrogen and oxygen atoms in total. The van der Waals surface area contributed by atoms with Gasteiger partial charge < -0.3 is 10.2 Å². The van der Waals surface area contributed by atoms with Gasteiger partial charge in [-0.05, 0) is 25.2 Å². The van der Waals surface area contributed by atoms with Gasteiger partial charge >= 0.3 is 0 Å². The molecule has 1 unspecified atom stereocenters. The van der Waals surface area contributed by atoms with Gasteiger partial charge in [0.2, 0.25) is 5.91 Å². The molecule has 2 rings (SSSR count). The van der Waals surface area contributed by atoms with E-state index < -0.39 is 33.4 Å². The lowest BCUT2D eigenvalue weighted by molar-refractivity contribution is -0.122. The van der Waals surface area contributed by atoms with Gasteiger partial charge in [0.25, 0.3) is 0 Å². The Kier molecular flexibility index (Phi) is 5.12. The quantitative estimate of drug-likeness (QED) is 0.881. The molecule has 1 atom stereocenters. The van der Waals surface area contributed by atoms with Gasteiger partial charge in [-0.1, -0.05) is 0 Å². The topological polar surface area (TPSA) is 66.5 Å². The van der Waals surface area contributed by atoms with E-state index in [4.69, 9.17) is 0 Å². The van der Waals surface area contributed by atoms with Crippen LogP contribution in [-0.4, -0.2) is 50.4 Å². The summed E-state index contributed by atoms with van der Waals surface area (Å²) in [5, 5.41) is 2.50. The highest BCUT2D eigenvalue weighted by Gasteiger charge is 2.30. The van der Waals surface area contributed by atoms with Gasteiger partial charge in [0.15, 0.2) is 9.84 Å². The van der Waals surface area contributed by atoms with Crippen LogP contribution < -0.4 is 5.32 Å². The number of nitrogens with zero attached hydrogens (tertiary/aromatic N) is 1. The fourth-order valence-corrected chi connectivity index (χ4v) is 4.03. The molecule has 8 heteroatoms. The van der Waals surface area contributed by atoms with Crippen molar-refractivity contribution >= 4 is 15.7 Å². The highest BCUT2D eigenvalue weighted by Crippen LogP contribution is 2.13. The molecule has 1 aliphatic rings. The Morgan fingerprint density at radius 3 is 2.86 bits per heavy atom. The van der Waals surface area contributed by atoms with Crippen LogP contribution in [0.25, 0.3) is 0 Å². The molecule has 0 bridgehead atoms. The minimum absolute atomic E-state index is 0.00661. The van der Waals surface area contributed by atoms with Crippen LogP contribution in [0.1, 0.15) is 12.0 Å². The molecular formula is C14H18F2N2O3S. The maximum atomic E-state index is 13.4. The molecule has 1 amide bonds. The van der Waals surface area contributed by atoms with Gasteiger partial charge in [-0.2, -0.15) is 0 Å². The van der Waals surface area contributed by atoms with E-state index >= 15 is 0 Å². The molecule has 1 N–H and O–H groups in total. The average molecular weight is 332 g/mol. The van der Waals surface area contributed by atoms with Gasteiger partial charge in [-0.3, -0.25) is 4.79 Å². The maximum absolute atomic E-state index is 13.4. The number of nitrogens with one attached hydrogen (secondary N) is 1. The first-order valence-corrected chi connectivity index (χ1v) is 8.70. The molecule has 0 spiro atoms. The molecule has 122 valence electrons. The summed E-state index contributed by atoms with van der Waals surface area (Å²) in [6, 6.07) is 2.63. The van der Waals surface area contributed by atoms with E-state index in [1.165, 1.54) is 0 Å². The Balaban J connectivity index is 1.91. The number of hydrogen-bond acceptors (Lipinski definition) is 4. The number of halogens is 2. The number of benzene rings is 1. The minimum atomic E-state index is -3.12. The number of carbonyl (C=O) groups is 1. The van der Waals surface area contributed by atoms with Gasteiger partial charge in [-0.25, -0.2) is 17.2 Å². The van der Waals surface area contributed by atoms with Crippen LogP contribution in [0, 0.1) is 11.6 Å². The van der Waals surface area contributed by atoms with Crippen LogP contribution in [0.5, 0.6) is 0 Å². The van der Waals surface area contributed by atoms with Crippen molar-refractivity contribution in [3.8, 4) is 0 Å². The van der Waals surface area contributed by atoms with Crippen molar-refractivity contribution in [2.75, 3.05) is 25.1 Å². The number of rotatable bonds is 4. The third kappa shape index (κ3) is 4.48. The summed E-state index contributed by atoms with van der Waals surface area (Å²) < 4.78 is 49.7. The van der Waals surface area contributed by atoms with Crippen molar-refractivity contribution in [1.29, 1.82) is 0 Å². The van der Waals surface area contributed by atoms with Crippen molar-refractivity contribution < 1.29 is 22.0 Å². The molecule has 1 saturated heterocycles. The summed E-state index contributed by atoms with van der Waals surface area (Å²) in [5.41, 5.74) is 0.0537. The van der Waals surface area contributed by atoms with E-state index in [2.05, 4.69) is 5.32 Å². The number of hydrogen-bond donors (Lipinski definition) is 1. The van der Waals surface area contributed by atoms with Crippen LogP contribution in [0.4, 0.5) is 8.78 Å². The summed E-state index contributed by atoms with van der Waals surface area (Å²) in [4.78, 5) is 13.7. The van der Waals surface area contributed by atoms with Crippen LogP contribution in [0.2, 0.25) is 0 Å². The first kappa shape index (κ1) is 16.8. The zero-order chi connectivity index (χ0) is 16.3. The SMILES string of the molecule is CN1CCS(=O)(=O)CC1CC(=O)NCc1cc(F)ccc1F. The zero-order valence-electron chi connectivity index (χ0n) is 12.2. The molecule has 0 radical (unpaired) electrons. The lowest BCUT2D eigenvalue weighted by Crippen LogP contribution is -2.48. The summed E-state index contributed by atoms with van der Waals surface area (Å²) in [5.74, 6) is -1.54. The van der Waals surface area contributed by atoms with E-state index in [9.17, 15) is 22.0 Å². The molecule has 0 aliphatic carbocycles. The van der Waals surface area contributed by atoms with Crippen molar-refractivity contribution in [2.45, 2.75) is 19.0 Å². The first-order chi connectivity index (χ1) is 10.3. The molecule has 1 aromatic carbocycles. The van der Waals surface area contributed by atoms with E-state index in [0.717, 1.165) is 18.2 Å². The number of sulfone groups is 1. The molecule has 0 aromatic heterocycles. The minimum Gasteiger partial charge on any atom is -0.352 e. The van der Waals surface area contributed by atoms with E-state index in [1.54, 1.807) is 7.05 Å². The Bertz CT molecular complexity index is 664. The van der Waals surface area contributed by atoms with Crippen LogP contribution >= 0.6 is 0 Å². The van der Waals surface area contributed by atoms with Crippen LogP contribution in [-0.2, 0) is 21.2 Å². The second-order valence-corrected chi connectivity index (χ2v) is 7.69. The number of carbonyl (C=O) groups excluding carboxylic acids is 1. The molecule has 22 heavy (non-hydrogen) atoms. The second-order valence-electron chi connectivity index (χ2n) is 5.47. The molecule has 1 aromatic rings. The average Bonchev–Trinajstić information content (AvgIpc) is 2.44. The smallest absolute Gasteiger partial charge is 0.221 e. The third-order valence-electron chi connectivity index (χ3n) is 3.73. The normalized spacial score (nSPS) is 21.5. The van der Waals surface area contributed by atoms with Crippen molar-refractivity contribution in [2.24, 2.45) is 0 Å². The fraction of sp³-hybridized carbons (Fsp3) is 0.500. The Labute approximate surface area is 128 Å². The maximum Gasteiger partial charge on any atom is 0.221 e. The Morgan fingerprint density at radius 2 is 2.14 bits per heavy atom. The zero-order valence-corrected chi connectivity index (χ0v) is 13.0. The van der Waals surface area contributed by atoms with Crippen molar-refractivity contribution in [1.82, 2.24) is 10.2 Å². The lowest BCUT2D eigenvalue weighted by atomic mass is 10.1. The predicted octanol–water partition coefficient (Wildman–Crippen LogP) is 0.700. The van der Waals surface area contributed by atoms with E-state index in [0.29, 0.717) is 6.54 Å². The summed E-state index contributed by atoms with van der Waals surface area (Å²) in [6.07, 6.45) is 0.00661. The van der Waals surface area contributed by atoms with Crippen LogP contribution in [0.3, 0.4) is 0 Å². The molecule has 1 aliphatic heterocycles. The second kappa shape index (κ2) is 6.70. The van der Waals surface area contributed by atoms with Gasteiger partial charge in [0.05, 0.1) is 11.5 Å². The standard InChI is InChI=1S/C14H18F2N2O3S/c1-18-4-5-22(20,21)9-12(18)7-14(19)17-8-10-6-11(15)2-3-13(10)16/h2-3,6,12H,4-5,7-9H2,1H3,(H,17,19).